The number of carboxylic acids is 1. The summed E-state index contributed by atoms with van der Waals surface area (Å²) in [5, 5.41) is 11.5. The molecule has 11 heteroatoms. The molecule has 4 N–H and O–H groups in total. The van der Waals surface area contributed by atoms with Crippen LogP contribution in [0.5, 0.6) is 0 Å². The number of carbonyl (C=O) groups is 2. The quantitative estimate of drug-likeness (QED) is 0.471. The number of aromatic nitrogens is 2. The van der Waals surface area contributed by atoms with E-state index in [-0.39, 0.29) is 37.1 Å². The molecule has 3 rings (SSSR count). The average molecular weight is 504 g/mol. The minimum atomic E-state index is -1.17. The van der Waals surface area contributed by atoms with Crippen molar-refractivity contribution in [2.45, 2.75) is 51.9 Å². The fourth-order valence-corrected chi connectivity index (χ4v) is 3.92. The van der Waals surface area contributed by atoms with Crippen LogP contribution in [0, 0.1) is 11.8 Å². The Kier molecular flexibility index (Phi) is 9.68. The third-order valence-electron chi connectivity index (χ3n) is 5.76. The van der Waals surface area contributed by atoms with E-state index in [1.165, 1.54) is 23.6 Å². The second kappa shape index (κ2) is 12.2. The van der Waals surface area contributed by atoms with Gasteiger partial charge < -0.3 is 21.1 Å². The van der Waals surface area contributed by atoms with Crippen molar-refractivity contribution in [1.82, 2.24) is 14.5 Å². The molecule has 1 aliphatic rings. The number of amides is 1. The van der Waals surface area contributed by atoms with Gasteiger partial charge in [0.15, 0.2) is 0 Å². The van der Waals surface area contributed by atoms with Crippen molar-refractivity contribution in [2.24, 2.45) is 5.73 Å². The van der Waals surface area contributed by atoms with Gasteiger partial charge in [-0.15, -0.1) is 18.3 Å². The van der Waals surface area contributed by atoms with Gasteiger partial charge in [-0.2, -0.15) is 0 Å². The molecule has 0 bridgehead atoms. The van der Waals surface area contributed by atoms with E-state index in [2.05, 4.69) is 17.2 Å². The Morgan fingerprint density at radius 3 is 2.63 bits per heavy atom. The first-order valence-electron chi connectivity index (χ1n) is 11.1. The molecule has 1 aromatic carbocycles. The number of nitrogens with two attached hydrogens (primary N) is 1. The number of rotatable bonds is 7. The Morgan fingerprint density at radius 2 is 1.97 bits per heavy atom. The summed E-state index contributed by atoms with van der Waals surface area (Å²) in [7, 11) is 0. The van der Waals surface area contributed by atoms with Gasteiger partial charge in [0, 0.05) is 30.8 Å². The van der Waals surface area contributed by atoms with Crippen LogP contribution in [0.4, 0.5) is 5.82 Å². The lowest BCUT2D eigenvalue weighted by Gasteiger charge is -2.33. The highest BCUT2D eigenvalue weighted by atomic mass is 35.5. The molecule has 10 nitrogen and oxygen atoms in total. The zero-order valence-corrected chi connectivity index (χ0v) is 20.5. The predicted molar refractivity (Wildman–Crippen MR) is 135 cm³/mol. The van der Waals surface area contributed by atoms with Crippen molar-refractivity contribution >= 4 is 30.1 Å². The number of nitrogens with one attached hydrogen (secondary N) is 1. The molecule has 0 saturated carbocycles. The van der Waals surface area contributed by atoms with E-state index in [9.17, 15) is 19.2 Å². The molecule has 188 valence electrons. The zero-order chi connectivity index (χ0) is 24.8. The summed E-state index contributed by atoms with van der Waals surface area (Å²) in [4.78, 5) is 52.2. The number of nitrogens with zero attached hydrogens (tertiary/aromatic N) is 3. The van der Waals surface area contributed by atoms with Crippen LogP contribution in [0.2, 0.25) is 0 Å². The first-order chi connectivity index (χ1) is 16.2. The molecule has 2 heterocycles. The number of carboxylic acid groups (broad SMARTS) is 1. The van der Waals surface area contributed by atoms with Gasteiger partial charge in [-0.25, -0.2) is 4.79 Å². The first-order valence-corrected chi connectivity index (χ1v) is 11.1. The van der Waals surface area contributed by atoms with Gasteiger partial charge >= 0.3 is 11.7 Å². The van der Waals surface area contributed by atoms with E-state index in [1.807, 2.05) is 4.90 Å². The highest BCUT2D eigenvalue weighted by molar-refractivity contribution is 5.97. The van der Waals surface area contributed by atoms with E-state index in [4.69, 9.17) is 10.8 Å². The summed E-state index contributed by atoms with van der Waals surface area (Å²) in [6.45, 7) is 4.20. The Hall–Kier alpha value is -3.55. The third kappa shape index (κ3) is 6.53. The second-order valence-electron chi connectivity index (χ2n) is 8.26. The van der Waals surface area contributed by atoms with Crippen molar-refractivity contribution in [2.75, 3.05) is 18.0 Å². The van der Waals surface area contributed by atoms with Gasteiger partial charge in [0.1, 0.15) is 11.9 Å². The van der Waals surface area contributed by atoms with Gasteiger partial charge in [-0.3, -0.25) is 23.5 Å². The number of halogens is 1. The van der Waals surface area contributed by atoms with Crippen LogP contribution in [-0.2, 0) is 17.9 Å². The van der Waals surface area contributed by atoms with E-state index in [0.717, 1.165) is 17.4 Å². The highest BCUT2D eigenvalue weighted by Crippen LogP contribution is 2.17. The van der Waals surface area contributed by atoms with Gasteiger partial charge in [0.05, 0.1) is 13.1 Å². The van der Waals surface area contributed by atoms with Crippen LogP contribution in [0.3, 0.4) is 0 Å². The molecule has 1 unspecified atom stereocenters. The monoisotopic (exact) mass is 503 g/mol. The predicted octanol–water partition coefficient (Wildman–Crippen LogP) is 0.634. The summed E-state index contributed by atoms with van der Waals surface area (Å²) in [6, 6.07) is 6.73. The molecule has 1 fully saturated rings. The maximum absolute atomic E-state index is 13.4. The van der Waals surface area contributed by atoms with Gasteiger partial charge in [0.2, 0.25) is 0 Å². The fourth-order valence-electron chi connectivity index (χ4n) is 3.92. The largest absolute Gasteiger partial charge is 0.480 e. The number of anilines is 1. The number of aliphatic carboxylic acids is 1. The maximum atomic E-state index is 13.4. The van der Waals surface area contributed by atoms with Gasteiger partial charge in [-0.05, 0) is 38.3 Å². The minimum Gasteiger partial charge on any atom is -0.480 e. The lowest BCUT2D eigenvalue weighted by atomic mass is 10.1. The average Bonchev–Trinajstić information content (AvgIpc) is 2.81. The van der Waals surface area contributed by atoms with Crippen molar-refractivity contribution in [3.8, 4) is 11.8 Å². The Bertz CT molecular complexity index is 1260. The number of carbonyl (C=O) groups excluding carboxylic acids is 1. The smallest absolute Gasteiger partial charge is 0.333 e. The molecule has 0 radical (unpaired) electrons. The first kappa shape index (κ1) is 27.7. The highest BCUT2D eigenvalue weighted by Gasteiger charge is 2.23. The number of hydrogen-bond donors (Lipinski definition) is 3. The summed E-state index contributed by atoms with van der Waals surface area (Å²) in [5.41, 5.74) is 5.66. The van der Waals surface area contributed by atoms with Crippen LogP contribution in [-0.4, -0.2) is 51.3 Å². The Morgan fingerprint density at radius 1 is 1.26 bits per heavy atom. The van der Waals surface area contributed by atoms with Gasteiger partial charge in [-0.1, -0.05) is 24.1 Å². The van der Waals surface area contributed by atoms with Crippen molar-refractivity contribution in [1.29, 1.82) is 0 Å². The molecule has 1 aromatic heterocycles. The Labute approximate surface area is 209 Å². The molecule has 1 amide bonds. The third-order valence-corrected chi connectivity index (χ3v) is 5.76. The van der Waals surface area contributed by atoms with E-state index < -0.39 is 29.2 Å². The number of hydrogen-bond acceptors (Lipinski definition) is 6. The fraction of sp³-hybridized carbons (Fsp3) is 0.417. The summed E-state index contributed by atoms with van der Waals surface area (Å²) in [6.07, 6.45) is 1.74. The number of benzene rings is 1. The molecular weight excluding hydrogens is 474 g/mol. The molecule has 1 saturated heterocycles. The molecular formula is C24H30ClN5O5. The summed E-state index contributed by atoms with van der Waals surface area (Å²) in [5.74, 6) is 4.37. The van der Waals surface area contributed by atoms with Crippen molar-refractivity contribution in [3.05, 3.63) is 62.3 Å². The van der Waals surface area contributed by atoms with Crippen LogP contribution in [0.1, 0.15) is 42.6 Å². The SMILES string of the molecule is CC#CCn1c(N2CCC[C@@H](N)C2)cc(=O)n(Cc2ccccc2C(=O)NC(C)C(=O)O)c1=O.Cl. The normalized spacial score (nSPS) is 15.9. The minimum absolute atomic E-state index is 0. The van der Waals surface area contributed by atoms with E-state index >= 15 is 0 Å². The maximum Gasteiger partial charge on any atom is 0.333 e. The Balaban J connectivity index is 0.00000432. The molecule has 2 atom stereocenters. The van der Waals surface area contributed by atoms with E-state index in [0.29, 0.717) is 24.5 Å². The molecule has 1 aliphatic heterocycles. The summed E-state index contributed by atoms with van der Waals surface area (Å²) < 4.78 is 2.50. The van der Waals surface area contributed by atoms with Crippen LogP contribution >= 0.6 is 12.4 Å². The van der Waals surface area contributed by atoms with Crippen molar-refractivity contribution < 1.29 is 14.7 Å². The topological polar surface area (TPSA) is 140 Å². The standard InChI is InChI=1S/C24H29N5O5.ClH/c1-3-4-12-28-20(27-11-7-9-18(25)15-27)13-21(30)29(24(28)34)14-17-8-5-6-10-19(17)22(31)26-16(2)23(32)33;/h5-6,8,10,13,16,18H,7,9,11-12,14-15,25H2,1-2H3,(H,26,31)(H,32,33);1H/t16?,18-;/m1./s1. The second-order valence-corrected chi connectivity index (χ2v) is 8.26. The lowest BCUT2D eigenvalue weighted by Crippen LogP contribution is -2.48. The van der Waals surface area contributed by atoms with Crippen molar-refractivity contribution in [3.63, 3.8) is 0 Å². The van der Waals surface area contributed by atoms with Crippen LogP contribution in [0.25, 0.3) is 0 Å². The zero-order valence-electron chi connectivity index (χ0n) is 19.7. The van der Waals surface area contributed by atoms with Gasteiger partial charge in [0.25, 0.3) is 11.5 Å². The molecule has 0 aliphatic carbocycles. The van der Waals surface area contributed by atoms with E-state index in [1.54, 1.807) is 25.1 Å². The summed E-state index contributed by atoms with van der Waals surface area (Å²) >= 11 is 0. The lowest BCUT2D eigenvalue weighted by molar-refractivity contribution is -0.138. The molecule has 2 aromatic rings. The molecule has 35 heavy (non-hydrogen) atoms. The van der Waals surface area contributed by atoms with Crippen LogP contribution < -0.4 is 27.2 Å². The number of piperidine rings is 1. The van der Waals surface area contributed by atoms with Crippen LogP contribution in [0.15, 0.2) is 39.9 Å². The molecule has 0 spiro atoms.